The second-order valence-corrected chi connectivity index (χ2v) is 6.35. The smallest absolute Gasteiger partial charge is 0.246 e. The van der Waals surface area contributed by atoms with Gasteiger partial charge >= 0.3 is 0 Å². The Morgan fingerprint density at radius 3 is 2.89 bits per heavy atom. The summed E-state index contributed by atoms with van der Waals surface area (Å²) in [6, 6.07) is -0.299. The summed E-state index contributed by atoms with van der Waals surface area (Å²) in [5.74, 6) is 0.348. The second kappa shape index (κ2) is 4.92. The molecule has 1 aliphatic heterocycles. The molecule has 1 aliphatic carbocycles. The van der Waals surface area contributed by atoms with Crippen LogP contribution in [0.4, 0.5) is 0 Å². The maximum atomic E-state index is 12.3. The number of piperazine rings is 1. The Hall–Kier alpha value is -1.43. The number of amides is 2. The fourth-order valence-corrected chi connectivity index (χ4v) is 3.24. The van der Waals surface area contributed by atoms with Gasteiger partial charge in [0.25, 0.3) is 0 Å². The third-order valence-electron chi connectivity index (χ3n) is 3.60. The molecule has 1 aromatic rings. The molecule has 1 saturated heterocycles. The summed E-state index contributed by atoms with van der Waals surface area (Å²) in [4.78, 5) is 31.2. The van der Waals surface area contributed by atoms with Gasteiger partial charge in [0.05, 0.1) is 6.54 Å². The van der Waals surface area contributed by atoms with Crippen molar-refractivity contribution < 1.29 is 9.59 Å². The van der Waals surface area contributed by atoms with Gasteiger partial charge in [-0.25, -0.2) is 4.98 Å². The van der Waals surface area contributed by atoms with Crippen molar-refractivity contribution >= 4 is 23.2 Å². The summed E-state index contributed by atoms with van der Waals surface area (Å²) in [5, 5.41) is 3.72. The number of carbonyl (C=O) groups excluding carboxylic acids is 2. The third-order valence-corrected chi connectivity index (χ3v) is 4.72. The number of aryl methyl sites for hydroxylation is 1. The maximum Gasteiger partial charge on any atom is 0.246 e. The van der Waals surface area contributed by atoms with Crippen LogP contribution in [-0.2, 0) is 22.6 Å². The van der Waals surface area contributed by atoms with Gasteiger partial charge in [0.1, 0.15) is 17.6 Å². The van der Waals surface area contributed by atoms with E-state index in [1.54, 1.807) is 16.2 Å². The first-order chi connectivity index (χ1) is 9.17. The van der Waals surface area contributed by atoms with E-state index in [1.165, 1.54) is 4.88 Å². The monoisotopic (exact) mass is 279 g/mol. The molecule has 19 heavy (non-hydrogen) atoms. The van der Waals surface area contributed by atoms with E-state index in [4.69, 9.17) is 0 Å². The lowest BCUT2D eigenvalue weighted by Crippen LogP contribution is -2.58. The Labute approximate surface area is 116 Å². The predicted molar refractivity (Wildman–Crippen MR) is 71.6 cm³/mol. The largest absolute Gasteiger partial charge is 0.342 e. The number of hydrogen-bond donors (Lipinski definition) is 1. The van der Waals surface area contributed by atoms with Gasteiger partial charge in [-0.3, -0.25) is 9.59 Å². The fourth-order valence-electron chi connectivity index (χ4n) is 2.36. The lowest BCUT2D eigenvalue weighted by molar-refractivity contribution is -0.145. The summed E-state index contributed by atoms with van der Waals surface area (Å²) in [7, 11) is 0. The molecule has 1 atom stereocenters. The molecule has 2 aliphatic rings. The highest BCUT2D eigenvalue weighted by atomic mass is 32.1. The van der Waals surface area contributed by atoms with Crippen molar-refractivity contribution in [2.24, 2.45) is 5.92 Å². The third kappa shape index (κ3) is 2.63. The molecule has 0 aromatic carbocycles. The zero-order chi connectivity index (χ0) is 13.4. The van der Waals surface area contributed by atoms with Crippen molar-refractivity contribution in [1.82, 2.24) is 15.2 Å². The Kier molecular flexibility index (Phi) is 3.26. The number of carbonyl (C=O) groups is 2. The van der Waals surface area contributed by atoms with Gasteiger partial charge in [-0.1, -0.05) is 6.92 Å². The van der Waals surface area contributed by atoms with Crippen LogP contribution in [0.2, 0.25) is 0 Å². The van der Waals surface area contributed by atoms with Crippen molar-refractivity contribution in [2.75, 3.05) is 6.54 Å². The summed E-state index contributed by atoms with van der Waals surface area (Å²) < 4.78 is 0. The molecular formula is C13H17N3O2S. The first-order valence-corrected chi connectivity index (χ1v) is 7.50. The molecule has 1 N–H and O–H groups in total. The SMILES string of the molecule is CCc1cnc(CN2CC(=O)NC(C3CC3)C2=O)s1. The molecule has 0 radical (unpaired) electrons. The molecule has 2 heterocycles. The van der Waals surface area contributed by atoms with Crippen LogP contribution in [0, 0.1) is 5.92 Å². The average Bonchev–Trinajstić information content (AvgIpc) is 3.13. The first-order valence-electron chi connectivity index (χ1n) is 6.69. The van der Waals surface area contributed by atoms with Crippen LogP contribution in [0.1, 0.15) is 29.7 Å². The minimum absolute atomic E-state index is 0.0512. The Morgan fingerprint density at radius 1 is 1.47 bits per heavy atom. The highest BCUT2D eigenvalue weighted by Gasteiger charge is 2.42. The maximum absolute atomic E-state index is 12.3. The van der Waals surface area contributed by atoms with Crippen LogP contribution in [-0.4, -0.2) is 34.3 Å². The fraction of sp³-hybridized carbons (Fsp3) is 0.615. The average molecular weight is 279 g/mol. The topological polar surface area (TPSA) is 62.3 Å². The van der Waals surface area contributed by atoms with Crippen molar-refractivity contribution in [3.05, 3.63) is 16.1 Å². The normalized spacial score (nSPS) is 23.6. The van der Waals surface area contributed by atoms with E-state index in [0.29, 0.717) is 12.5 Å². The molecule has 102 valence electrons. The highest BCUT2D eigenvalue weighted by Crippen LogP contribution is 2.34. The molecule has 2 fully saturated rings. The Bertz CT molecular complexity index is 510. The van der Waals surface area contributed by atoms with Gasteiger partial charge in [-0.05, 0) is 25.2 Å². The quantitative estimate of drug-likeness (QED) is 0.892. The number of hydrogen-bond acceptors (Lipinski definition) is 4. The molecule has 0 bridgehead atoms. The van der Waals surface area contributed by atoms with E-state index >= 15 is 0 Å². The van der Waals surface area contributed by atoms with E-state index in [0.717, 1.165) is 24.3 Å². The molecule has 1 unspecified atom stereocenters. The van der Waals surface area contributed by atoms with E-state index in [9.17, 15) is 9.59 Å². The molecular weight excluding hydrogens is 262 g/mol. The van der Waals surface area contributed by atoms with Gasteiger partial charge in [0.2, 0.25) is 11.8 Å². The van der Waals surface area contributed by atoms with Crippen molar-refractivity contribution in [2.45, 2.75) is 38.8 Å². The predicted octanol–water partition coefficient (Wildman–Crippen LogP) is 0.942. The molecule has 6 heteroatoms. The van der Waals surface area contributed by atoms with Crippen molar-refractivity contribution in [1.29, 1.82) is 0 Å². The molecule has 0 spiro atoms. The number of nitrogens with zero attached hydrogens (tertiary/aromatic N) is 2. The number of nitrogens with one attached hydrogen (secondary N) is 1. The zero-order valence-corrected chi connectivity index (χ0v) is 11.7. The van der Waals surface area contributed by atoms with Crippen molar-refractivity contribution in [3.63, 3.8) is 0 Å². The van der Waals surface area contributed by atoms with Crippen LogP contribution in [0.25, 0.3) is 0 Å². The minimum atomic E-state index is -0.299. The van der Waals surface area contributed by atoms with Gasteiger partial charge in [-0.15, -0.1) is 11.3 Å². The molecule has 3 rings (SSSR count). The Balaban J connectivity index is 1.71. The standard InChI is InChI=1S/C13H17N3O2S/c1-2-9-5-14-11(19-9)7-16-6-10(17)15-12(13(16)18)8-3-4-8/h5,8,12H,2-4,6-7H2,1H3,(H,15,17). The summed E-state index contributed by atoms with van der Waals surface area (Å²) in [5.41, 5.74) is 0. The first kappa shape index (κ1) is 12.6. The summed E-state index contributed by atoms with van der Waals surface area (Å²) in [6.45, 7) is 2.70. The van der Waals surface area contributed by atoms with Crippen molar-refractivity contribution in [3.8, 4) is 0 Å². The molecule has 1 aromatic heterocycles. The van der Waals surface area contributed by atoms with Crippen LogP contribution in [0.15, 0.2) is 6.20 Å². The lowest BCUT2D eigenvalue weighted by atomic mass is 10.1. The van der Waals surface area contributed by atoms with Crippen LogP contribution >= 0.6 is 11.3 Å². The van der Waals surface area contributed by atoms with E-state index in [2.05, 4.69) is 17.2 Å². The van der Waals surface area contributed by atoms with Gasteiger partial charge in [0, 0.05) is 11.1 Å². The number of aromatic nitrogens is 1. The number of rotatable bonds is 4. The van der Waals surface area contributed by atoms with E-state index < -0.39 is 0 Å². The van der Waals surface area contributed by atoms with Crippen LogP contribution in [0.3, 0.4) is 0 Å². The van der Waals surface area contributed by atoms with Gasteiger partial charge < -0.3 is 10.2 Å². The van der Waals surface area contributed by atoms with Crippen LogP contribution < -0.4 is 5.32 Å². The minimum Gasteiger partial charge on any atom is -0.342 e. The van der Waals surface area contributed by atoms with Gasteiger partial charge in [0.15, 0.2) is 0 Å². The highest BCUT2D eigenvalue weighted by molar-refractivity contribution is 7.11. The van der Waals surface area contributed by atoms with Crippen LogP contribution in [0.5, 0.6) is 0 Å². The lowest BCUT2D eigenvalue weighted by Gasteiger charge is -2.32. The number of thiazole rings is 1. The molecule has 2 amide bonds. The van der Waals surface area contributed by atoms with E-state index in [-0.39, 0.29) is 24.4 Å². The molecule has 5 nitrogen and oxygen atoms in total. The second-order valence-electron chi connectivity index (χ2n) is 5.15. The summed E-state index contributed by atoms with van der Waals surface area (Å²) >= 11 is 1.62. The van der Waals surface area contributed by atoms with E-state index in [1.807, 2.05) is 6.20 Å². The van der Waals surface area contributed by atoms with Gasteiger partial charge in [-0.2, -0.15) is 0 Å². The zero-order valence-electron chi connectivity index (χ0n) is 10.9. The summed E-state index contributed by atoms with van der Waals surface area (Å²) in [6.07, 6.45) is 4.90. The molecule has 1 saturated carbocycles. The Morgan fingerprint density at radius 2 is 2.26 bits per heavy atom.